The molecular weight excluding hydrogens is 548 g/mol. The molecule has 0 radical (unpaired) electrons. The van der Waals surface area contributed by atoms with E-state index in [2.05, 4.69) is 38.3 Å². The van der Waals surface area contributed by atoms with Crippen molar-refractivity contribution in [3.63, 3.8) is 0 Å². The van der Waals surface area contributed by atoms with E-state index >= 15 is 0 Å². The van der Waals surface area contributed by atoms with E-state index in [0.29, 0.717) is 61.9 Å². The quantitative estimate of drug-likeness (QED) is 0.447. The molecule has 0 aliphatic carbocycles. The SMILES string of the molecule is CCCCN(CC)S(=O)(=O)c1ccc(C(=O)Nc2sc3c(c2C(=O)N2CCOCC2)CC(C)(C)NC3(C)C)cc1. The summed E-state index contributed by atoms with van der Waals surface area (Å²) < 4.78 is 33.1. The van der Waals surface area contributed by atoms with E-state index in [-0.39, 0.29) is 27.8 Å². The Bertz CT molecular complexity index is 1340. The van der Waals surface area contributed by atoms with Gasteiger partial charge in [0.05, 0.1) is 23.7 Å². The first-order valence-corrected chi connectivity index (χ1v) is 16.3. The monoisotopic (exact) mass is 590 g/mol. The van der Waals surface area contributed by atoms with Gasteiger partial charge in [0.15, 0.2) is 0 Å². The van der Waals surface area contributed by atoms with Crippen molar-refractivity contribution < 1.29 is 22.7 Å². The molecule has 0 atom stereocenters. The minimum atomic E-state index is -3.64. The van der Waals surface area contributed by atoms with Gasteiger partial charge in [0.2, 0.25) is 10.0 Å². The number of carbonyl (C=O) groups is 2. The van der Waals surface area contributed by atoms with Crippen LogP contribution >= 0.6 is 11.3 Å². The number of nitrogens with zero attached hydrogens (tertiary/aromatic N) is 2. The lowest BCUT2D eigenvalue weighted by Crippen LogP contribution is -2.55. The average molecular weight is 591 g/mol. The number of sulfonamides is 1. The fraction of sp³-hybridized carbons (Fsp3) is 0.586. The van der Waals surface area contributed by atoms with Crippen LogP contribution in [0.15, 0.2) is 29.2 Å². The van der Waals surface area contributed by atoms with Crippen LogP contribution in [0, 0.1) is 0 Å². The number of amides is 2. The average Bonchev–Trinajstić information content (AvgIpc) is 3.26. The summed E-state index contributed by atoms with van der Waals surface area (Å²) in [6, 6.07) is 6.02. The predicted molar refractivity (Wildman–Crippen MR) is 159 cm³/mol. The maximum absolute atomic E-state index is 13.8. The molecule has 2 N–H and O–H groups in total. The molecule has 40 heavy (non-hydrogen) atoms. The lowest BCUT2D eigenvalue weighted by molar-refractivity contribution is 0.0302. The molecule has 0 unspecified atom stereocenters. The van der Waals surface area contributed by atoms with E-state index in [0.717, 1.165) is 23.3 Å². The van der Waals surface area contributed by atoms with Crippen LogP contribution in [-0.4, -0.2) is 74.4 Å². The van der Waals surface area contributed by atoms with Crippen molar-refractivity contribution in [1.29, 1.82) is 0 Å². The highest BCUT2D eigenvalue weighted by Crippen LogP contribution is 2.45. The van der Waals surface area contributed by atoms with Crippen molar-refractivity contribution in [2.75, 3.05) is 44.7 Å². The van der Waals surface area contributed by atoms with Gasteiger partial charge in [-0.15, -0.1) is 11.3 Å². The summed E-state index contributed by atoms with van der Waals surface area (Å²) in [6.07, 6.45) is 2.34. The van der Waals surface area contributed by atoms with Crippen LogP contribution in [0.2, 0.25) is 0 Å². The lowest BCUT2D eigenvalue weighted by Gasteiger charge is -2.42. The zero-order valence-corrected chi connectivity index (χ0v) is 26.1. The molecule has 0 saturated carbocycles. The summed E-state index contributed by atoms with van der Waals surface area (Å²) in [5.41, 5.74) is 1.22. The van der Waals surface area contributed by atoms with Gasteiger partial charge in [0.1, 0.15) is 5.00 Å². The standard InChI is InChI=1S/C29H42N4O5S2/c1-7-9-14-33(8-2)40(36,37)21-12-10-20(11-13-21)25(34)30-26-23(27(35)32-15-17-38-18-16-32)22-19-28(3,4)31-29(5,6)24(22)39-26/h10-13,31H,7-9,14-19H2,1-6H3,(H,30,34). The molecule has 9 nitrogen and oxygen atoms in total. The molecule has 2 aliphatic rings. The highest BCUT2D eigenvalue weighted by atomic mass is 32.2. The Labute approximate surface area is 242 Å². The van der Waals surface area contributed by atoms with E-state index < -0.39 is 10.0 Å². The number of anilines is 1. The first kappa shape index (κ1) is 30.6. The van der Waals surface area contributed by atoms with E-state index in [1.807, 2.05) is 13.8 Å². The third-order valence-corrected chi connectivity index (χ3v) is 10.9. The Kier molecular flexibility index (Phi) is 9.11. The van der Waals surface area contributed by atoms with Crippen LogP contribution in [0.1, 0.15) is 85.5 Å². The molecule has 2 aliphatic heterocycles. The highest BCUT2D eigenvalue weighted by Gasteiger charge is 2.42. The molecule has 3 heterocycles. The number of rotatable bonds is 9. The van der Waals surface area contributed by atoms with E-state index in [1.165, 1.54) is 39.9 Å². The number of hydrogen-bond donors (Lipinski definition) is 2. The van der Waals surface area contributed by atoms with Gasteiger partial charge in [-0.05, 0) is 70.4 Å². The molecule has 1 aromatic carbocycles. The number of fused-ring (bicyclic) bond motifs is 1. The Hall–Kier alpha value is -2.31. The first-order valence-electron chi connectivity index (χ1n) is 14.0. The minimum Gasteiger partial charge on any atom is -0.378 e. The maximum Gasteiger partial charge on any atom is 0.257 e. The second kappa shape index (κ2) is 11.9. The first-order chi connectivity index (χ1) is 18.8. The molecular formula is C29H42N4O5S2. The van der Waals surface area contributed by atoms with Gasteiger partial charge in [0, 0.05) is 47.7 Å². The smallest absolute Gasteiger partial charge is 0.257 e. The molecule has 0 spiro atoms. The van der Waals surface area contributed by atoms with Gasteiger partial charge < -0.3 is 20.3 Å². The Morgan fingerprint density at radius 3 is 2.35 bits per heavy atom. The van der Waals surface area contributed by atoms with Crippen LogP contribution in [-0.2, 0) is 26.7 Å². The van der Waals surface area contributed by atoms with Crippen molar-refractivity contribution in [2.45, 2.75) is 76.8 Å². The van der Waals surface area contributed by atoms with Crippen molar-refractivity contribution in [3.05, 3.63) is 45.8 Å². The third kappa shape index (κ3) is 6.28. The fourth-order valence-electron chi connectivity index (χ4n) is 5.65. The van der Waals surface area contributed by atoms with Gasteiger partial charge in [-0.2, -0.15) is 4.31 Å². The maximum atomic E-state index is 13.8. The zero-order valence-electron chi connectivity index (χ0n) is 24.4. The Balaban J connectivity index is 1.65. The van der Waals surface area contributed by atoms with E-state index in [4.69, 9.17) is 4.74 Å². The summed E-state index contributed by atoms with van der Waals surface area (Å²) in [5.74, 6) is -0.486. The summed E-state index contributed by atoms with van der Waals surface area (Å²) in [7, 11) is -3.64. The Morgan fingerprint density at radius 1 is 1.10 bits per heavy atom. The second-order valence-electron chi connectivity index (χ2n) is 11.7. The van der Waals surface area contributed by atoms with Crippen molar-refractivity contribution in [3.8, 4) is 0 Å². The molecule has 1 saturated heterocycles. The topological polar surface area (TPSA) is 108 Å². The van der Waals surface area contributed by atoms with Crippen molar-refractivity contribution in [2.24, 2.45) is 0 Å². The molecule has 11 heteroatoms. The number of morpholine rings is 1. The van der Waals surface area contributed by atoms with Gasteiger partial charge in [0.25, 0.3) is 11.8 Å². The summed E-state index contributed by atoms with van der Waals surface area (Å²) in [4.78, 5) is 30.3. The predicted octanol–water partition coefficient (Wildman–Crippen LogP) is 4.44. The summed E-state index contributed by atoms with van der Waals surface area (Å²) >= 11 is 1.43. The third-order valence-electron chi connectivity index (χ3n) is 7.45. The van der Waals surface area contributed by atoms with Gasteiger partial charge in [-0.3, -0.25) is 9.59 Å². The number of benzene rings is 1. The van der Waals surface area contributed by atoms with Crippen LogP contribution in [0.4, 0.5) is 5.00 Å². The highest BCUT2D eigenvalue weighted by molar-refractivity contribution is 7.89. The number of ether oxygens (including phenoxy) is 1. The van der Waals surface area contributed by atoms with Gasteiger partial charge in [-0.25, -0.2) is 8.42 Å². The number of hydrogen-bond acceptors (Lipinski definition) is 7. The number of unbranched alkanes of at least 4 members (excludes halogenated alkanes) is 1. The fourth-order valence-corrected chi connectivity index (χ4v) is 8.40. The van der Waals surface area contributed by atoms with Crippen LogP contribution in [0.3, 0.4) is 0 Å². The molecule has 1 aromatic heterocycles. The number of nitrogens with one attached hydrogen (secondary N) is 2. The summed E-state index contributed by atoms with van der Waals surface area (Å²) in [5, 5.41) is 7.19. The molecule has 2 aromatic rings. The number of thiophene rings is 1. The summed E-state index contributed by atoms with van der Waals surface area (Å²) in [6.45, 7) is 15.1. The van der Waals surface area contributed by atoms with Crippen LogP contribution in [0.5, 0.6) is 0 Å². The Morgan fingerprint density at radius 2 is 1.75 bits per heavy atom. The lowest BCUT2D eigenvalue weighted by atomic mass is 9.81. The van der Waals surface area contributed by atoms with Crippen molar-refractivity contribution in [1.82, 2.24) is 14.5 Å². The van der Waals surface area contributed by atoms with Crippen LogP contribution < -0.4 is 10.6 Å². The molecule has 2 amide bonds. The zero-order chi connectivity index (χ0) is 29.3. The van der Waals surface area contributed by atoms with Crippen LogP contribution in [0.25, 0.3) is 0 Å². The minimum absolute atomic E-state index is 0.0993. The second-order valence-corrected chi connectivity index (χ2v) is 14.6. The van der Waals surface area contributed by atoms with E-state index in [1.54, 1.807) is 4.90 Å². The number of carbonyl (C=O) groups excluding carboxylic acids is 2. The van der Waals surface area contributed by atoms with Gasteiger partial charge in [-0.1, -0.05) is 20.3 Å². The van der Waals surface area contributed by atoms with Gasteiger partial charge >= 0.3 is 0 Å². The normalized spacial score (nSPS) is 18.4. The van der Waals surface area contributed by atoms with Crippen molar-refractivity contribution >= 4 is 38.2 Å². The molecule has 220 valence electrons. The molecule has 4 rings (SSSR count). The molecule has 0 bridgehead atoms. The largest absolute Gasteiger partial charge is 0.378 e. The van der Waals surface area contributed by atoms with E-state index in [9.17, 15) is 18.0 Å². The molecule has 1 fully saturated rings.